The zero-order chi connectivity index (χ0) is 13.2. The van der Waals surface area contributed by atoms with E-state index in [4.69, 9.17) is 5.73 Å². The van der Waals surface area contributed by atoms with E-state index in [-0.39, 0.29) is 6.04 Å². The summed E-state index contributed by atoms with van der Waals surface area (Å²) in [5, 5.41) is 13.0. The number of rotatable bonds is 6. The van der Waals surface area contributed by atoms with Crippen LogP contribution < -0.4 is 11.1 Å². The molecule has 0 bridgehead atoms. The average molecular weight is 246 g/mol. The largest absolute Gasteiger partial charge is 0.390 e. The molecule has 0 aromatic heterocycles. The first kappa shape index (κ1) is 14.7. The van der Waals surface area contributed by atoms with Crippen molar-refractivity contribution in [1.29, 1.82) is 0 Å². The summed E-state index contributed by atoms with van der Waals surface area (Å²) in [6.45, 7) is 3.09. The Morgan fingerprint density at radius 1 is 1.28 bits per heavy atom. The Labute approximate surface area is 109 Å². The van der Waals surface area contributed by atoms with E-state index in [2.05, 4.69) is 17.2 Å². The van der Waals surface area contributed by atoms with Crippen LogP contribution in [0.4, 0.5) is 0 Å². The van der Waals surface area contributed by atoms with Gasteiger partial charge >= 0.3 is 0 Å². The quantitative estimate of drug-likeness (QED) is 0.517. The highest BCUT2D eigenvalue weighted by Gasteiger charge is 2.14. The molecule has 1 aromatic rings. The van der Waals surface area contributed by atoms with Gasteiger partial charge in [0.15, 0.2) is 0 Å². The molecule has 3 heteroatoms. The van der Waals surface area contributed by atoms with E-state index in [1.165, 1.54) is 0 Å². The lowest BCUT2D eigenvalue weighted by Crippen LogP contribution is -2.43. The van der Waals surface area contributed by atoms with Crippen molar-refractivity contribution in [2.75, 3.05) is 13.1 Å². The fourth-order valence-electron chi connectivity index (χ4n) is 1.64. The molecule has 0 amide bonds. The molecule has 0 aliphatic heterocycles. The highest BCUT2D eigenvalue weighted by atomic mass is 16.3. The summed E-state index contributed by atoms with van der Waals surface area (Å²) >= 11 is 0. The van der Waals surface area contributed by atoms with Gasteiger partial charge in [-0.2, -0.15) is 0 Å². The SMILES string of the molecule is CCC#CCNC[C@@H](O)[C@@H](N)Cc1ccccc1. The molecule has 0 heterocycles. The maximum Gasteiger partial charge on any atom is 0.0818 e. The maximum absolute atomic E-state index is 9.90. The Morgan fingerprint density at radius 2 is 2.00 bits per heavy atom. The van der Waals surface area contributed by atoms with Crippen LogP contribution >= 0.6 is 0 Å². The molecule has 1 aromatic carbocycles. The van der Waals surface area contributed by atoms with Gasteiger partial charge in [-0.3, -0.25) is 0 Å². The molecule has 18 heavy (non-hydrogen) atoms. The van der Waals surface area contributed by atoms with E-state index in [0.29, 0.717) is 19.5 Å². The first-order valence-corrected chi connectivity index (χ1v) is 6.38. The third-order valence-electron chi connectivity index (χ3n) is 2.68. The van der Waals surface area contributed by atoms with Crippen LogP contribution in [0.3, 0.4) is 0 Å². The Kier molecular flexibility index (Phi) is 7.12. The standard InChI is InChI=1S/C15H22N2O/c1-2-3-7-10-17-12-15(18)14(16)11-13-8-5-4-6-9-13/h4-6,8-9,14-15,17-18H,2,10-12,16H2,1H3/t14-,15+/m0/s1. The minimum atomic E-state index is -0.548. The summed E-state index contributed by atoms with van der Waals surface area (Å²) in [6, 6.07) is 9.72. The molecule has 0 spiro atoms. The van der Waals surface area contributed by atoms with Crippen LogP contribution in [0.5, 0.6) is 0 Å². The number of aliphatic hydroxyl groups excluding tert-OH is 1. The van der Waals surface area contributed by atoms with Crippen LogP contribution in [-0.2, 0) is 6.42 Å². The number of nitrogens with one attached hydrogen (secondary N) is 1. The number of benzene rings is 1. The zero-order valence-corrected chi connectivity index (χ0v) is 10.9. The molecule has 2 atom stereocenters. The molecule has 1 rings (SSSR count). The molecule has 4 N–H and O–H groups in total. The van der Waals surface area contributed by atoms with Crippen molar-refractivity contribution < 1.29 is 5.11 Å². The predicted octanol–water partition coefficient (Wildman–Crippen LogP) is 0.920. The third-order valence-corrected chi connectivity index (χ3v) is 2.68. The number of hydrogen-bond donors (Lipinski definition) is 3. The number of hydrogen-bond acceptors (Lipinski definition) is 3. The van der Waals surface area contributed by atoms with Crippen LogP contribution in [0, 0.1) is 11.8 Å². The molecule has 0 aliphatic carbocycles. The second kappa shape index (κ2) is 8.71. The van der Waals surface area contributed by atoms with Gasteiger partial charge in [0.1, 0.15) is 0 Å². The van der Waals surface area contributed by atoms with Gasteiger partial charge < -0.3 is 16.2 Å². The van der Waals surface area contributed by atoms with E-state index < -0.39 is 6.10 Å². The first-order valence-electron chi connectivity index (χ1n) is 6.38. The summed E-state index contributed by atoms with van der Waals surface area (Å²) in [6.07, 6.45) is 0.996. The molecule has 0 unspecified atom stereocenters. The molecule has 0 saturated carbocycles. The van der Waals surface area contributed by atoms with Crippen LogP contribution in [-0.4, -0.2) is 30.3 Å². The summed E-state index contributed by atoms with van der Waals surface area (Å²) < 4.78 is 0. The third kappa shape index (κ3) is 5.83. The lowest BCUT2D eigenvalue weighted by molar-refractivity contribution is 0.143. The molecule has 0 fully saturated rings. The molecule has 0 saturated heterocycles. The summed E-state index contributed by atoms with van der Waals surface area (Å²) in [5.74, 6) is 5.93. The van der Waals surface area contributed by atoms with E-state index in [9.17, 15) is 5.11 Å². The highest BCUT2D eigenvalue weighted by molar-refractivity contribution is 5.16. The fraction of sp³-hybridized carbons (Fsp3) is 0.467. The van der Waals surface area contributed by atoms with Crippen molar-refractivity contribution in [2.45, 2.75) is 31.9 Å². The van der Waals surface area contributed by atoms with Crippen LogP contribution in [0.15, 0.2) is 30.3 Å². The maximum atomic E-state index is 9.90. The van der Waals surface area contributed by atoms with Crippen molar-refractivity contribution in [3.8, 4) is 11.8 Å². The molecule has 0 radical (unpaired) electrons. The van der Waals surface area contributed by atoms with E-state index in [1.807, 2.05) is 37.3 Å². The lowest BCUT2D eigenvalue weighted by atomic mass is 10.0. The minimum absolute atomic E-state index is 0.251. The number of aliphatic hydroxyl groups is 1. The normalized spacial score (nSPS) is 13.5. The van der Waals surface area contributed by atoms with Crippen molar-refractivity contribution >= 4 is 0 Å². The Morgan fingerprint density at radius 3 is 2.67 bits per heavy atom. The van der Waals surface area contributed by atoms with E-state index >= 15 is 0 Å². The topological polar surface area (TPSA) is 58.3 Å². The summed E-state index contributed by atoms with van der Waals surface area (Å²) in [4.78, 5) is 0. The second-order valence-electron chi connectivity index (χ2n) is 4.26. The van der Waals surface area contributed by atoms with Crippen LogP contribution in [0.1, 0.15) is 18.9 Å². The van der Waals surface area contributed by atoms with Gasteiger partial charge in [-0.05, 0) is 12.0 Å². The van der Waals surface area contributed by atoms with Gasteiger partial charge in [0.25, 0.3) is 0 Å². The van der Waals surface area contributed by atoms with Crippen molar-refractivity contribution in [1.82, 2.24) is 5.32 Å². The average Bonchev–Trinajstić information content (AvgIpc) is 2.39. The van der Waals surface area contributed by atoms with Crippen LogP contribution in [0.2, 0.25) is 0 Å². The van der Waals surface area contributed by atoms with Crippen molar-refractivity contribution in [2.24, 2.45) is 5.73 Å². The van der Waals surface area contributed by atoms with E-state index in [1.54, 1.807) is 0 Å². The Bertz CT molecular complexity index is 380. The predicted molar refractivity (Wildman–Crippen MR) is 75.1 cm³/mol. The first-order chi connectivity index (χ1) is 8.74. The smallest absolute Gasteiger partial charge is 0.0818 e. The monoisotopic (exact) mass is 246 g/mol. The van der Waals surface area contributed by atoms with Gasteiger partial charge in [-0.25, -0.2) is 0 Å². The van der Waals surface area contributed by atoms with Crippen LogP contribution in [0.25, 0.3) is 0 Å². The molecule has 0 aliphatic rings. The Balaban J connectivity index is 2.26. The van der Waals surface area contributed by atoms with Gasteiger partial charge in [0, 0.05) is 19.0 Å². The molecule has 3 nitrogen and oxygen atoms in total. The van der Waals surface area contributed by atoms with Gasteiger partial charge in [0.2, 0.25) is 0 Å². The molecular weight excluding hydrogens is 224 g/mol. The highest BCUT2D eigenvalue weighted by Crippen LogP contribution is 2.04. The number of nitrogens with two attached hydrogens (primary N) is 1. The minimum Gasteiger partial charge on any atom is -0.390 e. The summed E-state index contributed by atoms with van der Waals surface area (Å²) in [5.41, 5.74) is 7.11. The Hall–Kier alpha value is -1.34. The molecule has 98 valence electrons. The van der Waals surface area contributed by atoms with Gasteiger partial charge in [0.05, 0.1) is 12.6 Å². The lowest BCUT2D eigenvalue weighted by Gasteiger charge is -2.18. The molecular formula is C15H22N2O. The van der Waals surface area contributed by atoms with Crippen molar-refractivity contribution in [3.05, 3.63) is 35.9 Å². The van der Waals surface area contributed by atoms with E-state index in [0.717, 1.165) is 12.0 Å². The summed E-state index contributed by atoms with van der Waals surface area (Å²) in [7, 11) is 0. The fourth-order valence-corrected chi connectivity index (χ4v) is 1.64. The van der Waals surface area contributed by atoms with Gasteiger partial charge in [-0.15, -0.1) is 5.92 Å². The second-order valence-corrected chi connectivity index (χ2v) is 4.26. The van der Waals surface area contributed by atoms with Gasteiger partial charge in [-0.1, -0.05) is 43.2 Å². The zero-order valence-electron chi connectivity index (χ0n) is 10.9. The van der Waals surface area contributed by atoms with Crippen molar-refractivity contribution in [3.63, 3.8) is 0 Å².